The molecule has 3 aromatic carbocycles. The van der Waals surface area contributed by atoms with Crippen LogP contribution in [0.1, 0.15) is 16.7 Å². The summed E-state index contributed by atoms with van der Waals surface area (Å²) in [7, 11) is -3.83. The first-order valence-corrected chi connectivity index (χ1v) is 13.1. The van der Waals surface area contributed by atoms with Gasteiger partial charge >= 0.3 is 0 Å². The number of piperazine rings is 1. The van der Waals surface area contributed by atoms with Crippen LogP contribution in [0.25, 0.3) is 0 Å². The summed E-state index contributed by atoms with van der Waals surface area (Å²) >= 11 is 0. The second-order valence-corrected chi connectivity index (χ2v) is 10.9. The Morgan fingerprint density at radius 1 is 0.794 bits per heavy atom. The molecule has 2 heterocycles. The van der Waals surface area contributed by atoms with Gasteiger partial charge in [-0.25, -0.2) is 8.42 Å². The monoisotopic (exact) mass is 475 g/mol. The first-order chi connectivity index (χ1) is 16.4. The van der Waals surface area contributed by atoms with E-state index in [2.05, 4.69) is 17.0 Å². The molecule has 1 amide bonds. The van der Waals surface area contributed by atoms with Gasteiger partial charge in [0, 0.05) is 38.4 Å². The zero-order chi connectivity index (χ0) is 23.7. The van der Waals surface area contributed by atoms with E-state index < -0.39 is 16.1 Å². The summed E-state index contributed by atoms with van der Waals surface area (Å²) in [5, 5.41) is 0. The average molecular weight is 476 g/mol. The highest BCUT2D eigenvalue weighted by atomic mass is 32.2. The molecular formula is C27H29N3O3S. The minimum atomic E-state index is -3.83. The number of benzene rings is 3. The minimum absolute atomic E-state index is 0.113. The number of sulfonamides is 1. The van der Waals surface area contributed by atoms with Gasteiger partial charge in [0.15, 0.2) is 0 Å². The first kappa shape index (κ1) is 22.6. The molecule has 1 saturated heterocycles. The Bertz CT molecular complexity index is 1270. The van der Waals surface area contributed by atoms with E-state index in [1.165, 1.54) is 4.31 Å². The van der Waals surface area contributed by atoms with Gasteiger partial charge in [-0.3, -0.25) is 4.79 Å². The molecule has 2 aliphatic heterocycles. The molecule has 3 aromatic rings. The van der Waals surface area contributed by atoms with Crippen molar-refractivity contribution < 1.29 is 13.2 Å². The molecule has 0 saturated carbocycles. The number of para-hydroxylation sites is 1. The van der Waals surface area contributed by atoms with Gasteiger partial charge < -0.3 is 9.80 Å². The molecular weight excluding hydrogens is 446 g/mol. The summed E-state index contributed by atoms with van der Waals surface area (Å²) in [4.78, 5) is 18.1. The normalized spacial score (nSPS) is 19.0. The maximum absolute atomic E-state index is 13.7. The number of fused-ring (bicyclic) bond motifs is 1. The molecule has 1 atom stereocenters. The van der Waals surface area contributed by atoms with Crippen LogP contribution in [-0.4, -0.2) is 55.8 Å². The van der Waals surface area contributed by atoms with Crippen LogP contribution in [-0.2, 0) is 27.8 Å². The van der Waals surface area contributed by atoms with Crippen molar-refractivity contribution >= 4 is 21.6 Å². The lowest BCUT2D eigenvalue weighted by Gasteiger charge is -2.41. The Morgan fingerprint density at radius 2 is 1.41 bits per heavy atom. The van der Waals surface area contributed by atoms with E-state index in [9.17, 15) is 13.2 Å². The molecule has 5 rings (SSSR count). The van der Waals surface area contributed by atoms with Crippen LogP contribution in [0.2, 0.25) is 0 Å². The van der Waals surface area contributed by atoms with Crippen LogP contribution in [0.3, 0.4) is 0 Å². The van der Waals surface area contributed by atoms with Crippen molar-refractivity contribution in [2.24, 2.45) is 0 Å². The fraction of sp³-hybridized carbons (Fsp3) is 0.296. The first-order valence-electron chi connectivity index (χ1n) is 11.7. The van der Waals surface area contributed by atoms with Crippen LogP contribution in [0.4, 0.5) is 5.69 Å². The van der Waals surface area contributed by atoms with Gasteiger partial charge in [0.25, 0.3) is 0 Å². The molecule has 0 bridgehead atoms. The second-order valence-electron chi connectivity index (χ2n) is 9.00. The lowest BCUT2D eigenvalue weighted by atomic mass is 9.95. The van der Waals surface area contributed by atoms with Gasteiger partial charge in [-0.05, 0) is 48.7 Å². The maximum atomic E-state index is 13.7. The number of hydrogen-bond donors (Lipinski definition) is 0. The van der Waals surface area contributed by atoms with Crippen LogP contribution in [0, 0.1) is 6.92 Å². The molecule has 1 fully saturated rings. The predicted octanol–water partition coefficient (Wildman–Crippen LogP) is 3.46. The van der Waals surface area contributed by atoms with Gasteiger partial charge in [0.05, 0.1) is 4.90 Å². The highest BCUT2D eigenvalue weighted by Gasteiger charge is 2.41. The molecule has 0 radical (unpaired) electrons. The van der Waals surface area contributed by atoms with Crippen molar-refractivity contribution in [3.63, 3.8) is 0 Å². The van der Waals surface area contributed by atoms with Crippen molar-refractivity contribution in [3.8, 4) is 0 Å². The van der Waals surface area contributed by atoms with Gasteiger partial charge in [0.1, 0.15) is 6.04 Å². The second kappa shape index (κ2) is 9.24. The third kappa shape index (κ3) is 4.33. The van der Waals surface area contributed by atoms with Crippen LogP contribution >= 0.6 is 0 Å². The highest BCUT2D eigenvalue weighted by Crippen LogP contribution is 2.30. The van der Waals surface area contributed by atoms with Crippen molar-refractivity contribution in [2.45, 2.75) is 30.8 Å². The molecule has 0 unspecified atom stereocenters. The van der Waals surface area contributed by atoms with E-state index in [0.29, 0.717) is 19.5 Å². The number of hydrogen-bond acceptors (Lipinski definition) is 4. The molecule has 176 valence electrons. The number of carbonyl (C=O) groups excluding carboxylic acids is 1. The number of aryl methyl sites for hydroxylation is 1. The number of carbonyl (C=O) groups is 1. The topological polar surface area (TPSA) is 60.9 Å². The molecule has 0 N–H and O–H groups in total. The SMILES string of the molecule is Cc1ccc(S(=O)(=O)N2Cc3ccccc3C[C@H]2C(=O)N2CCN(c3ccccc3)CC2)cc1. The molecule has 7 heteroatoms. The van der Waals surface area contributed by atoms with Gasteiger partial charge in [-0.1, -0.05) is 60.2 Å². The quantitative estimate of drug-likeness (QED) is 0.580. The lowest BCUT2D eigenvalue weighted by molar-refractivity contribution is -0.136. The summed E-state index contributed by atoms with van der Waals surface area (Å²) in [6.07, 6.45) is 0.388. The van der Waals surface area contributed by atoms with Crippen LogP contribution in [0.5, 0.6) is 0 Å². The lowest BCUT2D eigenvalue weighted by Crippen LogP contribution is -2.57. The average Bonchev–Trinajstić information content (AvgIpc) is 2.88. The zero-order valence-corrected chi connectivity index (χ0v) is 20.1. The fourth-order valence-electron chi connectivity index (χ4n) is 4.84. The highest BCUT2D eigenvalue weighted by molar-refractivity contribution is 7.89. The number of amides is 1. The molecule has 34 heavy (non-hydrogen) atoms. The zero-order valence-electron chi connectivity index (χ0n) is 19.3. The van der Waals surface area contributed by atoms with Crippen LogP contribution < -0.4 is 4.90 Å². The predicted molar refractivity (Wildman–Crippen MR) is 133 cm³/mol. The van der Waals surface area contributed by atoms with Gasteiger partial charge in [-0.15, -0.1) is 0 Å². The van der Waals surface area contributed by atoms with Crippen molar-refractivity contribution in [1.82, 2.24) is 9.21 Å². The Balaban J connectivity index is 1.41. The van der Waals surface area contributed by atoms with Gasteiger partial charge in [0.2, 0.25) is 15.9 Å². The summed E-state index contributed by atoms with van der Waals surface area (Å²) in [6.45, 7) is 4.73. The Kier molecular flexibility index (Phi) is 6.15. The van der Waals surface area contributed by atoms with Crippen molar-refractivity contribution in [2.75, 3.05) is 31.1 Å². The van der Waals surface area contributed by atoms with E-state index in [0.717, 1.165) is 35.5 Å². The summed E-state index contributed by atoms with van der Waals surface area (Å²) in [5.74, 6) is -0.113. The molecule has 2 aliphatic rings. The maximum Gasteiger partial charge on any atom is 0.244 e. The van der Waals surface area contributed by atoms with Crippen molar-refractivity contribution in [3.05, 3.63) is 95.6 Å². The molecule has 6 nitrogen and oxygen atoms in total. The number of rotatable bonds is 4. The minimum Gasteiger partial charge on any atom is -0.368 e. The van der Waals surface area contributed by atoms with E-state index in [-0.39, 0.29) is 17.3 Å². The molecule has 0 aromatic heterocycles. The Hall–Kier alpha value is -3.16. The Labute approximate surface area is 201 Å². The largest absolute Gasteiger partial charge is 0.368 e. The van der Waals surface area contributed by atoms with Gasteiger partial charge in [-0.2, -0.15) is 4.31 Å². The van der Waals surface area contributed by atoms with E-state index in [4.69, 9.17) is 0 Å². The van der Waals surface area contributed by atoms with E-state index >= 15 is 0 Å². The standard InChI is InChI=1S/C27H29N3O3S/c1-21-11-13-25(14-12-21)34(32,33)30-20-23-8-6-5-7-22(23)19-26(30)27(31)29-17-15-28(16-18-29)24-9-3-2-4-10-24/h2-14,26H,15-20H2,1H3/t26-/m0/s1. The summed E-state index contributed by atoms with van der Waals surface area (Å²) in [5.41, 5.74) is 4.13. The summed E-state index contributed by atoms with van der Waals surface area (Å²) in [6, 6.07) is 24.1. The number of nitrogens with zero attached hydrogens (tertiary/aromatic N) is 3. The van der Waals surface area contributed by atoms with E-state index in [1.54, 1.807) is 24.3 Å². The third-order valence-corrected chi connectivity index (χ3v) is 8.70. The van der Waals surface area contributed by atoms with Crippen molar-refractivity contribution in [1.29, 1.82) is 0 Å². The molecule has 0 aliphatic carbocycles. The molecule has 0 spiro atoms. The smallest absolute Gasteiger partial charge is 0.244 e. The van der Waals surface area contributed by atoms with E-state index in [1.807, 2.05) is 54.3 Å². The van der Waals surface area contributed by atoms with Crippen LogP contribution in [0.15, 0.2) is 83.8 Å². The third-order valence-electron chi connectivity index (χ3n) is 6.83. The fourth-order valence-corrected chi connectivity index (χ4v) is 6.40. The number of anilines is 1. The Morgan fingerprint density at radius 3 is 2.09 bits per heavy atom. The summed E-state index contributed by atoms with van der Waals surface area (Å²) < 4.78 is 28.8.